The molecule has 110 valence electrons. The summed E-state index contributed by atoms with van der Waals surface area (Å²) < 4.78 is 0. The van der Waals surface area contributed by atoms with Crippen molar-refractivity contribution < 1.29 is 0 Å². The highest BCUT2D eigenvalue weighted by Gasteiger charge is 2.12. The molecule has 1 unspecified atom stereocenters. The highest BCUT2D eigenvalue weighted by molar-refractivity contribution is 7.13. The number of hydrogen-bond acceptors (Lipinski definition) is 2. The molecule has 0 bridgehead atoms. The molecular formula is C19H23NS. The van der Waals surface area contributed by atoms with Gasteiger partial charge in [0, 0.05) is 4.88 Å². The van der Waals surface area contributed by atoms with Crippen molar-refractivity contribution in [1.29, 1.82) is 5.26 Å². The summed E-state index contributed by atoms with van der Waals surface area (Å²) in [7, 11) is 0. The first kappa shape index (κ1) is 15.8. The van der Waals surface area contributed by atoms with Crippen molar-refractivity contribution in [1.82, 2.24) is 0 Å². The van der Waals surface area contributed by atoms with E-state index < -0.39 is 0 Å². The van der Waals surface area contributed by atoms with Crippen LogP contribution in [0, 0.1) is 17.2 Å². The Morgan fingerprint density at radius 3 is 2.71 bits per heavy atom. The van der Waals surface area contributed by atoms with Gasteiger partial charge in [0.2, 0.25) is 0 Å². The molecule has 2 rings (SSSR count). The lowest BCUT2D eigenvalue weighted by Gasteiger charge is -2.16. The molecule has 2 aromatic rings. The van der Waals surface area contributed by atoms with E-state index in [4.69, 9.17) is 0 Å². The van der Waals surface area contributed by atoms with Gasteiger partial charge in [-0.2, -0.15) is 5.26 Å². The molecular weight excluding hydrogens is 274 g/mol. The molecule has 1 nitrogen and oxygen atoms in total. The van der Waals surface area contributed by atoms with Gasteiger partial charge in [-0.05, 0) is 47.0 Å². The van der Waals surface area contributed by atoms with Crippen molar-refractivity contribution in [2.45, 2.75) is 46.0 Å². The molecule has 0 aliphatic heterocycles. The molecule has 2 heteroatoms. The summed E-state index contributed by atoms with van der Waals surface area (Å²) in [6, 6.07) is 12.9. The van der Waals surface area contributed by atoms with Crippen molar-refractivity contribution in [3.8, 4) is 16.5 Å². The molecule has 21 heavy (non-hydrogen) atoms. The van der Waals surface area contributed by atoms with Gasteiger partial charge in [-0.15, -0.1) is 11.3 Å². The van der Waals surface area contributed by atoms with Gasteiger partial charge in [0.15, 0.2) is 0 Å². The van der Waals surface area contributed by atoms with Gasteiger partial charge in [0.05, 0.1) is 11.6 Å². The van der Waals surface area contributed by atoms with Crippen LogP contribution in [-0.2, 0) is 6.42 Å². The summed E-state index contributed by atoms with van der Waals surface area (Å²) in [5, 5.41) is 11.5. The molecule has 1 atom stereocenters. The SMILES string of the molecule is CCCCC(CC)Cc1cc(-c2cccs2)ccc1C#N. The van der Waals surface area contributed by atoms with Gasteiger partial charge < -0.3 is 0 Å². The fourth-order valence-electron chi connectivity index (χ4n) is 2.72. The van der Waals surface area contributed by atoms with E-state index in [9.17, 15) is 5.26 Å². The minimum absolute atomic E-state index is 0.690. The minimum atomic E-state index is 0.690. The average Bonchev–Trinajstić information content (AvgIpc) is 3.05. The minimum Gasteiger partial charge on any atom is -0.192 e. The third-order valence-corrected chi connectivity index (χ3v) is 5.00. The Labute approximate surface area is 132 Å². The average molecular weight is 297 g/mol. The Bertz CT molecular complexity index is 593. The van der Waals surface area contributed by atoms with Gasteiger partial charge >= 0.3 is 0 Å². The quantitative estimate of drug-likeness (QED) is 0.610. The summed E-state index contributed by atoms with van der Waals surface area (Å²) >= 11 is 1.75. The summed E-state index contributed by atoms with van der Waals surface area (Å²) in [6.45, 7) is 4.50. The number of unbranched alkanes of at least 4 members (excludes halogenated alkanes) is 1. The summed E-state index contributed by atoms with van der Waals surface area (Å²) in [5.74, 6) is 0.690. The van der Waals surface area contributed by atoms with Crippen molar-refractivity contribution in [2.75, 3.05) is 0 Å². The number of hydrogen-bond donors (Lipinski definition) is 0. The normalized spacial score (nSPS) is 12.0. The van der Waals surface area contributed by atoms with Gasteiger partial charge in [0.1, 0.15) is 0 Å². The maximum atomic E-state index is 9.35. The lowest BCUT2D eigenvalue weighted by atomic mass is 9.89. The van der Waals surface area contributed by atoms with Crippen LogP contribution < -0.4 is 0 Å². The number of benzene rings is 1. The van der Waals surface area contributed by atoms with Crippen LogP contribution in [0.1, 0.15) is 50.7 Å². The highest BCUT2D eigenvalue weighted by Crippen LogP contribution is 2.29. The second kappa shape index (κ2) is 8.00. The van der Waals surface area contributed by atoms with Crippen molar-refractivity contribution in [3.63, 3.8) is 0 Å². The summed E-state index contributed by atoms with van der Waals surface area (Å²) in [4.78, 5) is 1.28. The second-order valence-corrected chi connectivity index (χ2v) is 6.53. The van der Waals surface area contributed by atoms with Gasteiger partial charge in [0.25, 0.3) is 0 Å². The standard InChI is InChI=1S/C19H23NS/c1-3-5-7-15(4-2)12-18-13-16(9-10-17(18)14-20)19-8-6-11-21-19/h6,8-11,13,15H,3-5,7,12H2,1-2H3. The van der Waals surface area contributed by atoms with Crippen LogP contribution in [0.4, 0.5) is 0 Å². The maximum Gasteiger partial charge on any atom is 0.0994 e. The zero-order chi connectivity index (χ0) is 15.1. The Morgan fingerprint density at radius 2 is 2.10 bits per heavy atom. The van der Waals surface area contributed by atoms with E-state index in [-0.39, 0.29) is 0 Å². The number of nitriles is 1. The summed E-state index contributed by atoms with van der Waals surface area (Å²) in [6.07, 6.45) is 6.01. The van der Waals surface area contributed by atoms with Gasteiger partial charge in [-0.1, -0.05) is 51.7 Å². The smallest absolute Gasteiger partial charge is 0.0994 e. The lowest BCUT2D eigenvalue weighted by molar-refractivity contribution is 0.449. The van der Waals surface area contributed by atoms with E-state index in [2.05, 4.69) is 49.6 Å². The van der Waals surface area contributed by atoms with Crippen LogP contribution in [0.5, 0.6) is 0 Å². The second-order valence-electron chi connectivity index (χ2n) is 5.58. The first-order chi connectivity index (χ1) is 10.3. The third kappa shape index (κ3) is 4.19. The van der Waals surface area contributed by atoms with E-state index in [1.165, 1.54) is 41.7 Å². The van der Waals surface area contributed by atoms with E-state index in [1.807, 2.05) is 6.07 Å². The van der Waals surface area contributed by atoms with Crippen LogP contribution in [0.3, 0.4) is 0 Å². The van der Waals surface area contributed by atoms with Gasteiger partial charge in [-0.25, -0.2) is 0 Å². The summed E-state index contributed by atoms with van der Waals surface area (Å²) in [5.41, 5.74) is 3.29. The molecule has 0 fully saturated rings. The number of thiophene rings is 1. The predicted molar refractivity (Wildman–Crippen MR) is 91.5 cm³/mol. The molecule has 0 spiro atoms. The predicted octanol–water partition coefficient (Wildman–Crippen LogP) is 6.05. The van der Waals surface area contributed by atoms with Crippen LogP contribution in [0.25, 0.3) is 10.4 Å². The van der Waals surface area contributed by atoms with Crippen LogP contribution in [0.15, 0.2) is 35.7 Å². The Hall–Kier alpha value is -1.59. The Balaban J connectivity index is 2.24. The van der Waals surface area contributed by atoms with Crippen LogP contribution >= 0.6 is 11.3 Å². The first-order valence-electron chi connectivity index (χ1n) is 7.85. The van der Waals surface area contributed by atoms with Crippen LogP contribution in [0.2, 0.25) is 0 Å². The monoisotopic (exact) mass is 297 g/mol. The third-order valence-electron chi connectivity index (χ3n) is 4.08. The molecule has 0 amide bonds. The van der Waals surface area contributed by atoms with Crippen molar-refractivity contribution >= 4 is 11.3 Å². The number of nitrogens with zero attached hydrogens (tertiary/aromatic N) is 1. The van der Waals surface area contributed by atoms with Crippen molar-refractivity contribution in [2.24, 2.45) is 5.92 Å². The molecule has 1 aromatic heterocycles. The molecule has 0 saturated heterocycles. The largest absolute Gasteiger partial charge is 0.192 e. The zero-order valence-electron chi connectivity index (χ0n) is 12.9. The van der Waals surface area contributed by atoms with E-state index in [0.717, 1.165) is 12.0 Å². The van der Waals surface area contributed by atoms with Crippen molar-refractivity contribution in [3.05, 3.63) is 46.8 Å². The molecule has 1 aromatic carbocycles. The van der Waals surface area contributed by atoms with Crippen LogP contribution in [-0.4, -0.2) is 0 Å². The van der Waals surface area contributed by atoms with E-state index in [0.29, 0.717) is 5.92 Å². The topological polar surface area (TPSA) is 23.8 Å². The maximum absolute atomic E-state index is 9.35. The fourth-order valence-corrected chi connectivity index (χ4v) is 3.45. The van der Waals surface area contributed by atoms with E-state index >= 15 is 0 Å². The molecule has 0 aliphatic rings. The molecule has 0 radical (unpaired) electrons. The Kier molecular flexibility index (Phi) is 6.02. The molecule has 1 heterocycles. The molecule has 0 aliphatic carbocycles. The zero-order valence-corrected chi connectivity index (χ0v) is 13.7. The van der Waals surface area contributed by atoms with Gasteiger partial charge in [-0.3, -0.25) is 0 Å². The Morgan fingerprint density at radius 1 is 1.24 bits per heavy atom. The molecule has 0 N–H and O–H groups in total. The highest BCUT2D eigenvalue weighted by atomic mass is 32.1. The number of rotatable bonds is 7. The molecule has 0 saturated carbocycles. The lowest BCUT2D eigenvalue weighted by Crippen LogP contribution is -2.05. The fraction of sp³-hybridized carbons (Fsp3) is 0.421. The van der Waals surface area contributed by atoms with E-state index in [1.54, 1.807) is 11.3 Å². The first-order valence-corrected chi connectivity index (χ1v) is 8.73.